The standard InChI is InChI=1S/C22H26N2O4S2/c1-4-15(3)19(21(27)28)23-18(25)10-11-24-20(26)17(30-22(24)29)13-14(2)12-16-8-6-5-7-9-16/h5-9,12-13,15,19H,4,10-11H2,1-3H3,(H,23,25)(H,27,28)/b14-12+,17-13+/t15-,19+/m1/s1. The number of nitrogens with one attached hydrogen (secondary N) is 1. The van der Waals surface area contributed by atoms with Crippen LogP contribution in [0.4, 0.5) is 0 Å². The first-order chi connectivity index (χ1) is 14.2. The molecule has 0 unspecified atom stereocenters. The van der Waals surface area contributed by atoms with Gasteiger partial charge in [0.15, 0.2) is 0 Å². The Labute approximate surface area is 186 Å². The number of hydrogen-bond donors (Lipinski definition) is 2. The molecule has 0 radical (unpaired) electrons. The van der Waals surface area contributed by atoms with Crippen LogP contribution < -0.4 is 5.32 Å². The summed E-state index contributed by atoms with van der Waals surface area (Å²) in [7, 11) is 0. The number of thioether (sulfide) groups is 1. The summed E-state index contributed by atoms with van der Waals surface area (Å²) < 4.78 is 0.392. The van der Waals surface area contributed by atoms with Crippen molar-refractivity contribution in [1.29, 1.82) is 0 Å². The Balaban J connectivity index is 1.99. The van der Waals surface area contributed by atoms with Gasteiger partial charge in [-0.2, -0.15) is 0 Å². The highest BCUT2D eigenvalue weighted by Gasteiger charge is 2.32. The highest BCUT2D eigenvalue weighted by molar-refractivity contribution is 8.26. The van der Waals surface area contributed by atoms with Gasteiger partial charge in [0, 0.05) is 13.0 Å². The van der Waals surface area contributed by atoms with Gasteiger partial charge in [-0.1, -0.05) is 80.7 Å². The first-order valence-electron chi connectivity index (χ1n) is 9.73. The van der Waals surface area contributed by atoms with E-state index in [0.29, 0.717) is 15.6 Å². The summed E-state index contributed by atoms with van der Waals surface area (Å²) >= 11 is 6.50. The lowest BCUT2D eigenvalue weighted by Gasteiger charge is -2.21. The van der Waals surface area contributed by atoms with Gasteiger partial charge in [0.25, 0.3) is 5.91 Å². The molecule has 8 heteroatoms. The number of carboxylic acid groups (broad SMARTS) is 1. The second-order valence-electron chi connectivity index (χ2n) is 7.15. The summed E-state index contributed by atoms with van der Waals surface area (Å²) in [5, 5.41) is 11.8. The van der Waals surface area contributed by atoms with Gasteiger partial charge in [0.2, 0.25) is 5.91 Å². The smallest absolute Gasteiger partial charge is 0.326 e. The zero-order valence-corrected chi connectivity index (χ0v) is 18.9. The van der Waals surface area contributed by atoms with Crippen LogP contribution in [0.1, 0.15) is 39.2 Å². The van der Waals surface area contributed by atoms with E-state index in [1.165, 1.54) is 16.7 Å². The second-order valence-corrected chi connectivity index (χ2v) is 8.83. The molecule has 1 saturated heterocycles. The zero-order valence-electron chi connectivity index (χ0n) is 17.3. The van der Waals surface area contributed by atoms with Gasteiger partial charge in [-0.3, -0.25) is 14.5 Å². The van der Waals surface area contributed by atoms with E-state index in [1.54, 1.807) is 13.0 Å². The van der Waals surface area contributed by atoms with E-state index >= 15 is 0 Å². The molecule has 0 aliphatic carbocycles. The number of thiocarbonyl (C=S) groups is 1. The van der Waals surface area contributed by atoms with E-state index in [4.69, 9.17) is 12.2 Å². The lowest BCUT2D eigenvalue weighted by molar-refractivity contribution is -0.143. The second kappa shape index (κ2) is 11.1. The van der Waals surface area contributed by atoms with Gasteiger partial charge in [-0.15, -0.1) is 0 Å². The molecule has 0 spiro atoms. The maximum Gasteiger partial charge on any atom is 0.326 e. The van der Waals surface area contributed by atoms with Gasteiger partial charge in [0.1, 0.15) is 10.4 Å². The summed E-state index contributed by atoms with van der Waals surface area (Å²) in [6.07, 6.45) is 4.38. The SMILES string of the molecule is CC[C@@H](C)[C@H](NC(=O)CCN1C(=O)/C(=C\C(C)=C\c2ccccc2)SC1=S)C(=O)O. The highest BCUT2D eigenvalue weighted by Crippen LogP contribution is 2.32. The molecule has 2 N–H and O–H groups in total. The van der Waals surface area contributed by atoms with Crippen molar-refractivity contribution >= 4 is 52.2 Å². The maximum absolute atomic E-state index is 12.7. The van der Waals surface area contributed by atoms with Gasteiger partial charge >= 0.3 is 5.97 Å². The molecule has 1 aromatic rings. The largest absolute Gasteiger partial charge is 0.480 e. The average Bonchev–Trinajstić information content (AvgIpc) is 2.97. The third-order valence-electron chi connectivity index (χ3n) is 4.78. The number of carbonyl (C=O) groups is 3. The fraction of sp³-hybridized carbons (Fsp3) is 0.364. The van der Waals surface area contributed by atoms with Gasteiger partial charge in [-0.05, 0) is 30.1 Å². The van der Waals surface area contributed by atoms with E-state index in [2.05, 4.69) is 5.32 Å². The first kappa shape index (κ1) is 23.8. The van der Waals surface area contributed by atoms with Crippen molar-refractivity contribution in [2.45, 2.75) is 39.7 Å². The minimum atomic E-state index is -1.06. The van der Waals surface area contributed by atoms with Crippen LogP contribution in [-0.2, 0) is 14.4 Å². The van der Waals surface area contributed by atoms with E-state index in [1.807, 2.05) is 50.3 Å². The predicted molar refractivity (Wildman–Crippen MR) is 124 cm³/mol. The molecule has 160 valence electrons. The average molecular weight is 447 g/mol. The van der Waals surface area contributed by atoms with Crippen molar-refractivity contribution in [3.05, 3.63) is 52.4 Å². The minimum Gasteiger partial charge on any atom is -0.480 e. The van der Waals surface area contributed by atoms with Crippen LogP contribution in [0.25, 0.3) is 6.08 Å². The maximum atomic E-state index is 12.7. The number of benzene rings is 1. The Kier molecular flexibility index (Phi) is 8.80. The van der Waals surface area contributed by atoms with Gasteiger partial charge in [0.05, 0.1) is 4.91 Å². The molecule has 0 bridgehead atoms. The monoisotopic (exact) mass is 446 g/mol. The molecule has 30 heavy (non-hydrogen) atoms. The summed E-state index contributed by atoms with van der Waals surface area (Å²) in [4.78, 5) is 38.2. The van der Waals surface area contributed by atoms with E-state index in [0.717, 1.165) is 11.1 Å². The molecule has 1 aliphatic heterocycles. The molecular formula is C22H26N2O4S2. The van der Waals surface area contributed by atoms with Crippen LogP contribution >= 0.6 is 24.0 Å². The number of nitrogens with zero attached hydrogens (tertiary/aromatic N) is 1. The Morgan fingerprint density at radius 3 is 2.57 bits per heavy atom. The number of amides is 2. The van der Waals surface area contributed by atoms with Crippen molar-refractivity contribution in [1.82, 2.24) is 10.2 Å². The minimum absolute atomic E-state index is 0.0151. The molecular weight excluding hydrogens is 420 g/mol. The van der Waals surface area contributed by atoms with Crippen LogP contribution in [0.5, 0.6) is 0 Å². The van der Waals surface area contributed by atoms with E-state index < -0.39 is 17.9 Å². The molecule has 1 aromatic carbocycles. The lowest BCUT2D eigenvalue weighted by Crippen LogP contribution is -2.46. The number of hydrogen-bond acceptors (Lipinski definition) is 5. The summed E-state index contributed by atoms with van der Waals surface area (Å²) in [6, 6.07) is 8.84. The molecule has 6 nitrogen and oxygen atoms in total. The molecule has 2 rings (SSSR count). The predicted octanol–water partition coefficient (Wildman–Crippen LogP) is 3.84. The summed E-state index contributed by atoms with van der Waals surface area (Å²) in [5.41, 5.74) is 1.95. The van der Waals surface area contributed by atoms with Gasteiger partial charge < -0.3 is 10.4 Å². The fourth-order valence-corrected chi connectivity index (χ4v) is 4.25. The molecule has 0 aromatic heterocycles. The number of allylic oxidation sites excluding steroid dienone is 2. The first-order valence-corrected chi connectivity index (χ1v) is 11.0. The number of carboxylic acids is 1. The number of aliphatic carboxylic acids is 1. The Morgan fingerprint density at radius 1 is 1.30 bits per heavy atom. The van der Waals surface area contributed by atoms with Crippen LogP contribution in [0.15, 0.2) is 46.9 Å². The molecule has 1 heterocycles. The van der Waals surface area contributed by atoms with Crippen molar-refractivity contribution in [2.75, 3.05) is 6.54 Å². The number of carbonyl (C=O) groups excluding carboxylic acids is 2. The lowest BCUT2D eigenvalue weighted by atomic mass is 9.99. The van der Waals surface area contributed by atoms with Gasteiger partial charge in [-0.25, -0.2) is 4.79 Å². The summed E-state index contributed by atoms with van der Waals surface area (Å²) in [6.45, 7) is 5.67. The van der Waals surface area contributed by atoms with Crippen LogP contribution in [0.2, 0.25) is 0 Å². The Bertz CT molecular complexity index is 880. The van der Waals surface area contributed by atoms with Crippen LogP contribution in [-0.4, -0.2) is 44.7 Å². The third-order valence-corrected chi connectivity index (χ3v) is 6.16. The van der Waals surface area contributed by atoms with E-state index in [9.17, 15) is 19.5 Å². The van der Waals surface area contributed by atoms with Crippen LogP contribution in [0.3, 0.4) is 0 Å². The van der Waals surface area contributed by atoms with Crippen LogP contribution in [0, 0.1) is 5.92 Å². The van der Waals surface area contributed by atoms with Crippen molar-refractivity contribution in [2.24, 2.45) is 5.92 Å². The Morgan fingerprint density at radius 2 is 1.97 bits per heavy atom. The summed E-state index contributed by atoms with van der Waals surface area (Å²) in [5.74, 6) is -1.91. The quantitative estimate of drug-likeness (QED) is 0.443. The molecule has 0 saturated carbocycles. The highest BCUT2D eigenvalue weighted by atomic mass is 32.2. The topological polar surface area (TPSA) is 86.7 Å². The number of rotatable bonds is 9. The molecule has 2 atom stereocenters. The van der Waals surface area contributed by atoms with Crippen molar-refractivity contribution < 1.29 is 19.5 Å². The van der Waals surface area contributed by atoms with Crippen molar-refractivity contribution in [3.8, 4) is 0 Å². The Hall–Kier alpha value is -2.45. The fourth-order valence-electron chi connectivity index (χ4n) is 2.90. The molecule has 1 fully saturated rings. The zero-order chi connectivity index (χ0) is 22.3. The van der Waals surface area contributed by atoms with E-state index in [-0.39, 0.29) is 24.8 Å². The molecule has 1 aliphatic rings. The molecule has 2 amide bonds. The normalized spacial score (nSPS) is 17.9. The van der Waals surface area contributed by atoms with Crippen molar-refractivity contribution in [3.63, 3.8) is 0 Å². The third kappa shape index (κ3) is 6.53.